The van der Waals surface area contributed by atoms with E-state index >= 15 is 0 Å². The normalized spacial score (nSPS) is 9.62. The molecule has 0 bridgehead atoms. The van der Waals surface area contributed by atoms with Crippen molar-refractivity contribution in [1.82, 2.24) is 9.97 Å². The lowest BCUT2D eigenvalue weighted by molar-refractivity contribution is -0.116. The predicted octanol–water partition coefficient (Wildman–Crippen LogP) is -1.17. The van der Waals surface area contributed by atoms with Crippen molar-refractivity contribution in [2.45, 2.75) is 6.54 Å². The third-order valence-electron chi connectivity index (χ3n) is 1.34. The molecule has 0 saturated carbocycles. The standard InChI is InChI=1S/C7H11N5O/c8-3-5-1-2-10-7(12-5)11-4-6(9)13/h1-2H,3-4,8H2,(H2,9,13)(H,10,11,12). The molecule has 6 nitrogen and oxygen atoms in total. The highest BCUT2D eigenvalue weighted by atomic mass is 16.1. The third-order valence-corrected chi connectivity index (χ3v) is 1.34. The van der Waals surface area contributed by atoms with Crippen molar-refractivity contribution < 1.29 is 4.79 Å². The van der Waals surface area contributed by atoms with Gasteiger partial charge >= 0.3 is 0 Å². The Kier molecular flexibility index (Phi) is 3.15. The number of rotatable bonds is 4. The lowest BCUT2D eigenvalue weighted by Gasteiger charge is -2.02. The first-order valence-corrected chi connectivity index (χ1v) is 3.76. The minimum Gasteiger partial charge on any atom is -0.368 e. The topological polar surface area (TPSA) is 107 Å². The number of primary amides is 1. The summed E-state index contributed by atoms with van der Waals surface area (Å²) in [5.41, 5.74) is 11.0. The van der Waals surface area contributed by atoms with Crippen molar-refractivity contribution in [3.05, 3.63) is 18.0 Å². The molecule has 1 heterocycles. The zero-order valence-corrected chi connectivity index (χ0v) is 7.03. The summed E-state index contributed by atoms with van der Waals surface area (Å²) in [6.45, 7) is 0.363. The molecular weight excluding hydrogens is 170 g/mol. The molecule has 6 heteroatoms. The van der Waals surface area contributed by atoms with E-state index in [1.165, 1.54) is 0 Å². The largest absolute Gasteiger partial charge is 0.368 e. The van der Waals surface area contributed by atoms with Crippen molar-refractivity contribution in [2.24, 2.45) is 11.5 Å². The van der Waals surface area contributed by atoms with Gasteiger partial charge in [-0.1, -0.05) is 0 Å². The second-order valence-corrected chi connectivity index (χ2v) is 2.40. The molecule has 0 atom stereocenters. The number of anilines is 1. The number of nitrogens with two attached hydrogens (primary N) is 2. The summed E-state index contributed by atoms with van der Waals surface area (Å²) in [4.78, 5) is 18.3. The Morgan fingerprint density at radius 3 is 3.00 bits per heavy atom. The van der Waals surface area contributed by atoms with Crippen LogP contribution < -0.4 is 16.8 Å². The van der Waals surface area contributed by atoms with Crippen LogP contribution in [0.25, 0.3) is 0 Å². The number of amides is 1. The molecule has 0 aromatic carbocycles. The molecule has 0 aliphatic heterocycles. The number of nitrogens with one attached hydrogen (secondary N) is 1. The highest BCUT2D eigenvalue weighted by Gasteiger charge is 1.98. The molecule has 1 aromatic rings. The van der Waals surface area contributed by atoms with Gasteiger partial charge in [-0.25, -0.2) is 9.97 Å². The minimum absolute atomic E-state index is 0.0218. The zero-order chi connectivity index (χ0) is 9.68. The van der Waals surface area contributed by atoms with E-state index < -0.39 is 5.91 Å². The van der Waals surface area contributed by atoms with Crippen molar-refractivity contribution in [1.29, 1.82) is 0 Å². The van der Waals surface area contributed by atoms with Crippen LogP contribution in [0.15, 0.2) is 12.3 Å². The van der Waals surface area contributed by atoms with Gasteiger partial charge in [0.15, 0.2) is 0 Å². The van der Waals surface area contributed by atoms with Gasteiger partial charge < -0.3 is 16.8 Å². The Morgan fingerprint density at radius 1 is 1.62 bits per heavy atom. The number of aromatic nitrogens is 2. The first-order chi connectivity index (χ1) is 6.22. The first kappa shape index (κ1) is 9.40. The van der Waals surface area contributed by atoms with Gasteiger partial charge in [0.2, 0.25) is 11.9 Å². The van der Waals surface area contributed by atoms with Crippen LogP contribution in [0.4, 0.5) is 5.95 Å². The van der Waals surface area contributed by atoms with Gasteiger partial charge in [-0.05, 0) is 6.07 Å². The van der Waals surface area contributed by atoms with E-state index in [0.29, 0.717) is 18.2 Å². The highest BCUT2D eigenvalue weighted by molar-refractivity contribution is 5.78. The highest BCUT2D eigenvalue weighted by Crippen LogP contribution is 1.98. The van der Waals surface area contributed by atoms with Gasteiger partial charge in [-0.3, -0.25) is 4.79 Å². The lowest BCUT2D eigenvalue weighted by Crippen LogP contribution is -2.22. The molecule has 0 aliphatic carbocycles. The number of nitrogens with zero attached hydrogens (tertiary/aromatic N) is 2. The SMILES string of the molecule is NCc1ccnc(NCC(N)=O)n1. The molecule has 1 amide bonds. The molecule has 1 rings (SSSR count). The van der Waals surface area contributed by atoms with E-state index in [-0.39, 0.29) is 6.54 Å². The molecule has 13 heavy (non-hydrogen) atoms. The molecule has 0 saturated heterocycles. The summed E-state index contributed by atoms with van der Waals surface area (Å²) in [6.07, 6.45) is 1.57. The van der Waals surface area contributed by atoms with Crippen LogP contribution in [0, 0.1) is 0 Å². The maximum atomic E-state index is 10.4. The fraction of sp³-hybridized carbons (Fsp3) is 0.286. The first-order valence-electron chi connectivity index (χ1n) is 3.76. The van der Waals surface area contributed by atoms with Gasteiger partial charge in [-0.15, -0.1) is 0 Å². The predicted molar refractivity (Wildman–Crippen MR) is 47.6 cm³/mol. The summed E-state index contributed by atoms with van der Waals surface area (Å²) in [6, 6.07) is 1.70. The Bertz CT molecular complexity index is 301. The maximum absolute atomic E-state index is 10.4. The second-order valence-electron chi connectivity index (χ2n) is 2.40. The van der Waals surface area contributed by atoms with Crippen LogP contribution in [0.1, 0.15) is 5.69 Å². The van der Waals surface area contributed by atoms with Gasteiger partial charge in [0, 0.05) is 12.7 Å². The summed E-state index contributed by atoms with van der Waals surface area (Å²) < 4.78 is 0. The third kappa shape index (κ3) is 3.04. The molecule has 0 aliphatic rings. The minimum atomic E-state index is -0.457. The Morgan fingerprint density at radius 2 is 2.38 bits per heavy atom. The quantitative estimate of drug-likeness (QED) is 0.542. The number of carbonyl (C=O) groups is 1. The van der Waals surface area contributed by atoms with Crippen LogP contribution in [-0.2, 0) is 11.3 Å². The van der Waals surface area contributed by atoms with Gasteiger partial charge in [0.1, 0.15) is 0 Å². The maximum Gasteiger partial charge on any atom is 0.236 e. The fourth-order valence-corrected chi connectivity index (χ4v) is 0.761. The van der Waals surface area contributed by atoms with Crippen molar-refractivity contribution in [3.63, 3.8) is 0 Å². The lowest BCUT2D eigenvalue weighted by atomic mass is 10.4. The molecular formula is C7H11N5O. The fourth-order valence-electron chi connectivity index (χ4n) is 0.761. The molecule has 0 unspecified atom stereocenters. The zero-order valence-electron chi connectivity index (χ0n) is 7.03. The van der Waals surface area contributed by atoms with E-state index in [0.717, 1.165) is 0 Å². The van der Waals surface area contributed by atoms with Crippen LogP contribution >= 0.6 is 0 Å². The van der Waals surface area contributed by atoms with E-state index in [1.54, 1.807) is 12.3 Å². The Labute approximate surface area is 75.4 Å². The average Bonchev–Trinajstić information content (AvgIpc) is 2.15. The summed E-state index contributed by atoms with van der Waals surface area (Å²) >= 11 is 0. The second kappa shape index (κ2) is 4.36. The molecule has 0 spiro atoms. The summed E-state index contributed by atoms with van der Waals surface area (Å²) in [5.74, 6) is -0.0940. The number of hydrogen-bond donors (Lipinski definition) is 3. The van der Waals surface area contributed by atoms with E-state index in [9.17, 15) is 4.79 Å². The Hall–Kier alpha value is -1.69. The van der Waals surface area contributed by atoms with Crippen molar-refractivity contribution in [3.8, 4) is 0 Å². The van der Waals surface area contributed by atoms with Crippen molar-refractivity contribution >= 4 is 11.9 Å². The summed E-state index contributed by atoms with van der Waals surface area (Å²) in [7, 11) is 0. The summed E-state index contributed by atoms with van der Waals surface area (Å²) in [5, 5.41) is 2.67. The molecule has 5 N–H and O–H groups in total. The van der Waals surface area contributed by atoms with Crippen LogP contribution in [0.5, 0.6) is 0 Å². The van der Waals surface area contributed by atoms with Gasteiger partial charge in [-0.2, -0.15) is 0 Å². The molecule has 70 valence electrons. The monoisotopic (exact) mass is 181 g/mol. The molecule has 1 aromatic heterocycles. The average molecular weight is 181 g/mol. The van der Waals surface area contributed by atoms with Crippen molar-refractivity contribution in [2.75, 3.05) is 11.9 Å². The molecule has 0 fully saturated rings. The number of carbonyl (C=O) groups excluding carboxylic acids is 1. The Balaban J connectivity index is 2.61. The van der Waals surface area contributed by atoms with E-state index in [4.69, 9.17) is 11.5 Å². The number of hydrogen-bond acceptors (Lipinski definition) is 5. The van der Waals surface area contributed by atoms with Crippen LogP contribution in [0.2, 0.25) is 0 Å². The van der Waals surface area contributed by atoms with Crippen LogP contribution in [0.3, 0.4) is 0 Å². The van der Waals surface area contributed by atoms with E-state index in [1.807, 2.05) is 0 Å². The van der Waals surface area contributed by atoms with Gasteiger partial charge in [0.05, 0.1) is 12.2 Å². The smallest absolute Gasteiger partial charge is 0.236 e. The molecule has 0 radical (unpaired) electrons. The van der Waals surface area contributed by atoms with E-state index in [2.05, 4.69) is 15.3 Å². The van der Waals surface area contributed by atoms with Gasteiger partial charge in [0.25, 0.3) is 0 Å². The van der Waals surface area contributed by atoms with Crippen LogP contribution in [-0.4, -0.2) is 22.4 Å².